The van der Waals surface area contributed by atoms with Crippen LogP contribution < -0.4 is 0 Å². The Morgan fingerprint density at radius 2 is 1.77 bits per heavy atom. The summed E-state index contributed by atoms with van der Waals surface area (Å²) in [4.78, 5) is 20.1. The molecule has 1 fully saturated rings. The molecule has 2 aliphatic rings. The van der Waals surface area contributed by atoms with Crippen LogP contribution in [0.3, 0.4) is 0 Å². The highest BCUT2D eigenvalue weighted by atomic mass is 16.2. The number of fused-ring (bicyclic) bond motifs is 1. The quantitative estimate of drug-likeness (QED) is 0.546. The van der Waals surface area contributed by atoms with E-state index in [0.29, 0.717) is 6.04 Å². The Bertz CT molecular complexity index is 1130. The predicted octanol–water partition coefficient (Wildman–Crippen LogP) is 5.31. The minimum atomic E-state index is -0.0759. The molecule has 0 N–H and O–H groups in total. The van der Waals surface area contributed by atoms with Gasteiger partial charge in [-0.3, -0.25) is 4.79 Å². The Labute approximate surface area is 183 Å². The second-order valence-corrected chi connectivity index (χ2v) is 8.70. The zero-order valence-corrected chi connectivity index (χ0v) is 18.1. The van der Waals surface area contributed by atoms with Crippen molar-refractivity contribution in [1.82, 2.24) is 14.5 Å². The number of allylic oxidation sites excluding steroid dienone is 2. The lowest BCUT2D eigenvalue weighted by Crippen LogP contribution is -2.42. The normalized spacial score (nSPS) is 19.6. The van der Waals surface area contributed by atoms with Gasteiger partial charge >= 0.3 is 0 Å². The van der Waals surface area contributed by atoms with Gasteiger partial charge in [-0.15, -0.1) is 0 Å². The molecule has 0 bridgehead atoms. The number of carbonyl (C=O) groups is 1. The van der Waals surface area contributed by atoms with Gasteiger partial charge in [0.05, 0.1) is 17.0 Å². The third kappa shape index (κ3) is 3.95. The number of carbonyl (C=O) groups excluding carboxylic acids is 1. The molecule has 5 rings (SSSR count). The molecule has 1 aromatic heterocycles. The summed E-state index contributed by atoms with van der Waals surface area (Å²) < 4.78 is 2.44. The molecule has 1 unspecified atom stereocenters. The smallest absolute Gasteiger partial charge is 0.233 e. The van der Waals surface area contributed by atoms with E-state index in [-0.39, 0.29) is 11.8 Å². The summed E-state index contributed by atoms with van der Waals surface area (Å²) in [6.07, 6.45) is 10.0. The fraction of sp³-hybridized carbons (Fsp3) is 0.333. The summed E-state index contributed by atoms with van der Waals surface area (Å²) in [6.45, 7) is 3.68. The van der Waals surface area contributed by atoms with Crippen molar-refractivity contribution in [3.05, 3.63) is 89.8 Å². The number of hydrogen-bond donors (Lipinski definition) is 0. The molecule has 31 heavy (non-hydrogen) atoms. The molecule has 4 heteroatoms. The molecule has 1 amide bonds. The van der Waals surface area contributed by atoms with E-state index in [1.807, 2.05) is 0 Å². The molecule has 1 aliphatic carbocycles. The molecular formula is C27H29N3O. The highest BCUT2D eigenvalue weighted by molar-refractivity contribution is 5.84. The van der Waals surface area contributed by atoms with Gasteiger partial charge in [-0.05, 0) is 43.9 Å². The number of rotatable bonds is 4. The fourth-order valence-corrected chi connectivity index (χ4v) is 4.97. The van der Waals surface area contributed by atoms with Crippen molar-refractivity contribution in [2.24, 2.45) is 5.92 Å². The lowest BCUT2D eigenvalue weighted by atomic mass is 9.92. The Morgan fingerprint density at radius 3 is 2.55 bits per heavy atom. The second kappa shape index (κ2) is 8.54. The van der Waals surface area contributed by atoms with E-state index >= 15 is 0 Å². The van der Waals surface area contributed by atoms with Gasteiger partial charge in [0, 0.05) is 25.6 Å². The third-order valence-corrected chi connectivity index (χ3v) is 6.68. The van der Waals surface area contributed by atoms with Crippen LogP contribution in [0.2, 0.25) is 0 Å². The Morgan fingerprint density at radius 1 is 1.03 bits per heavy atom. The zero-order chi connectivity index (χ0) is 21.2. The molecular weight excluding hydrogens is 382 g/mol. The average Bonchev–Trinajstić information content (AvgIpc) is 3.17. The number of amides is 1. The highest BCUT2D eigenvalue weighted by Gasteiger charge is 2.30. The first-order valence-corrected chi connectivity index (χ1v) is 11.3. The molecule has 2 aromatic carbocycles. The first-order valence-electron chi connectivity index (χ1n) is 11.3. The predicted molar refractivity (Wildman–Crippen MR) is 125 cm³/mol. The van der Waals surface area contributed by atoms with Crippen molar-refractivity contribution >= 4 is 16.9 Å². The lowest BCUT2D eigenvalue weighted by molar-refractivity contribution is -0.134. The maximum Gasteiger partial charge on any atom is 0.233 e. The molecule has 1 saturated heterocycles. The van der Waals surface area contributed by atoms with E-state index in [1.54, 1.807) is 0 Å². The van der Waals surface area contributed by atoms with Crippen molar-refractivity contribution in [1.29, 1.82) is 0 Å². The molecule has 0 saturated carbocycles. The average molecular weight is 412 g/mol. The van der Waals surface area contributed by atoms with E-state index < -0.39 is 0 Å². The van der Waals surface area contributed by atoms with Gasteiger partial charge in [0.25, 0.3) is 0 Å². The van der Waals surface area contributed by atoms with E-state index in [9.17, 15) is 4.79 Å². The maximum atomic E-state index is 13.1. The summed E-state index contributed by atoms with van der Waals surface area (Å²) in [5.74, 6) is 1.29. The monoisotopic (exact) mass is 411 g/mol. The van der Waals surface area contributed by atoms with Crippen molar-refractivity contribution in [3.63, 3.8) is 0 Å². The number of benzene rings is 2. The van der Waals surface area contributed by atoms with Crippen molar-refractivity contribution < 1.29 is 4.79 Å². The van der Waals surface area contributed by atoms with Crippen molar-refractivity contribution in [2.75, 3.05) is 13.1 Å². The van der Waals surface area contributed by atoms with Gasteiger partial charge in [-0.2, -0.15) is 0 Å². The first-order chi connectivity index (χ1) is 15.2. The maximum absolute atomic E-state index is 13.1. The van der Waals surface area contributed by atoms with E-state index in [0.717, 1.165) is 50.1 Å². The van der Waals surface area contributed by atoms with Crippen LogP contribution in [0.15, 0.2) is 78.4 Å². The highest BCUT2D eigenvalue weighted by Crippen LogP contribution is 2.31. The molecule has 2 heterocycles. The van der Waals surface area contributed by atoms with E-state index in [1.165, 1.54) is 16.7 Å². The number of aromatic nitrogens is 2. The second-order valence-electron chi connectivity index (χ2n) is 8.70. The van der Waals surface area contributed by atoms with Gasteiger partial charge in [-0.25, -0.2) is 4.98 Å². The molecule has 3 aromatic rings. The largest absolute Gasteiger partial charge is 0.342 e. The number of imidazole rings is 1. The van der Waals surface area contributed by atoms with Gasteiger partial charge in [0.1, 0.15) is 5.82 Å². The van der Waals surface area contributed by atoms with Crippen LogP contribution in [0.4, 0.5) is 0 Å². The molecule has 158 valence electrons. The van der Waals surface area contributed by atoms with Gasteiger partial charge < -0.3 is 9.47 Å². The molecule has 4 nitrogen and oxygen atoms in total. The summed E-state index contributed by atoms with van der Waals surface area (Å²) >= 11 is 0. The zero-order valence-electron chi connectivity index (χ0n) is 18.1. The molecule has 1 atom stereocenters. The van der Waals surface area contributed by atoms with Crippen LogP contribution in [0, 0.1) is 5.92 Å². The molecule has 0 radical (unpaired) electrons. The van der Waals surface area contributed by atoms with E-state index in [2.05, 4.69) is 89.2 Å². The summed E-state index contributed by atoms with van der Waals surface area (Å²) in [5, 5.41) is 0. The van der Waals surface area contributed by atoms with Crippen LogP contribution in [-0.2, 0) is 11.2 Å². The summed E-state index contributed by atoms with van der Waals surface area (Å²) in [6, 6.07) is 19.4. The Hall–Kier alpha value is -3.14. The van der Waals surface area contributed by atoms with Gasteiger partial charge in [0.2, 0.25) is 5.91 Å². The van der Waals surface area contributed by atoms with Crippen LogP contribution in [0.5, 0.6) is 0 Å². The van der Waals surface area contributed by atoms with Crippen LogP contribution in [0.25, 0.3) is 11.0 Å². The molecule has 0 spiro atoms. The van der Waals surface area contributed by atoms with Crippen LogP contribution in [0.1, 0.15) is 43.6 Å². The number of nitrogens with zero attached hydrogens (tertiary/aromatic N) is 3. The number of para-hydroxylation sites is 2. The summed E-state index contributed by atoms with van der Waals surface area (Å²) in [7, 11) is 0. The van der Waals surface area contributed by atoms with Gasteiger partial charge in [-0.1, -0.05) is 66.3 Å². The standard InChI is InChI=1S/C27H29N3O/c1-20-9-5-6-12-23(20)27(31)29-17-15-22(16-18-29)30-25-14-8-7-13-24(25)28-26(30)19-21-10-3-2-4-11-21/h2-4,6-14,22-23H,5,15-19H2,1H3. The number of hydrogen-bond acceptors (Lipinski definition) is 2. The van der Waals surface area contributed by atoms with Crippen molar-refractivity contribution in [2.45, 2.75) is 38.6 Å². The van der Waals surface area contributed by atoms with Crippen LogP contribution in [-0.4, -0.2) is 33.4 Å². The fourth-order valence-electron chi connectivity index (χ4n) is 4.97. The number of piperidine rings is 1. The first kappa shape index (κ1) is 19.8. The third-order valence-electron chi connectivity index (χ3n) is 6.68. The molecule has 1 aliphatic heterocycles. The Kier molecular flexibility index (Phi) is 5.46. The van der Waals surface area contributed by atoms with Crippen molar-refractivity contribution in [3.8, 4) is 0 Å². The minimum absolute atomic E-state index is 0.0759. The minimum Gasteiger partial charge on any atom is -0.342 e. The SMILES string of the molecule is CC1=CCC=CC1C(=O)N1CCC(n2c(Cc3ccccc3)nc3ccccc32)CC1. The topological polar surface area (TPSA) is 38.1 Å². The van der Waals surface area contributed by atoms with Crippen LogP contribution >= 0.6 is 0 Å². The lowest BCUT2D eigenvalue weighted by Gasteiger charge is -2.35. The van der Waals surface area contributed by atoms with Gasteiger partial charge in [0.15, 0.2) is 0 Å². The summed E-state index contributed by atoms with van der Waals surface area (Å²) in [5.41, 5.74) is 4.71. The Balaban J connectivity index is 1.37. The van der Waals surface area contributed by atoms with E-state index in [4.69, 9.17) is 4.98 Å². The number of likely N-dealkylation sites (tertiary alicyclic amines) is 1.